The van der Waals surface area contributed by atoms with E-state index < -0.39 is 11.7 Å². The Bertz CT molecular complexity index is 391. The third-order valence-electron chi connectivity index (χ3n) is 2.44. The van der Waals surface area contributed by atoms with Crippen LogP contribution in [0, 0.1) is 0 Å². The second-order valence-electron chi connectivity index (χ2n) is 4.31. The Labute approximate surface area is 96.1 Å². The summed E-state index contributed by atoms with van der Waals surface area (Å²) in [6.45, 7) is 4.17. The molecule has 86 valence electrons. The molecule has 0 bridgehead atoms. The molecule has 0 aliphatic rings. The highest BCUT2D eigenvalue weighted by atomic mass is 16.2. The standard InChI is InChI=1S/C13H17NO2/c1-9(2)10-5-7-11(8-6-10)12(15)13(16)14(3)4/h5-9H,1-4H3. The first kappa shape index (κ1) is 12.4. The molecule has 0 spiro atoms. The molecule has 0 saturated heterocycles. The zero-order chi connectivity index (χ0) is 12.3. The molecule has 0 atom stereocenters. The zero-order valence-electron chi connectivity index (χ0n) is 10.2. The molecule has 0 saturated carbocycles. The number of rotatable bonds is 3. The van der Waals surface area contributed by atoms with Crippen LogP contribution in [-0.4, -0.2) is 30.7 Å². The van der Waals surface area contributed by atoms with Crippen molar-refractivity contribution >= 4 is 11.7 Å². The van der Waals surface area contributed by atoms with Crippen LogP contribution in [0.25, 0.3) is 0 Å². The number of ketones is 1. The molecule has 1 aromatic carbocycles. The zero-order valence-corrected chi connectivity index (χ0v) is 10.2. The van der Waals surface area contributed by atoms with Crippen LogP contribution in [0.15, 0.2) is 24.3 Å². The van der Waals surface area contributed by atoms with Crippen molar-refractivity contribution in [1.29, 1.82) is 0 Å². The summed E-state index contributed by atoms with van der Waals surface area (Å²) in [6.07, 6.45) is 0. The van der Waals surface area contributed by atoms with E-state index in [2.05, 4.69) is 13.8 Å². The second kappa shape index (κ2) is 4.92. The fourth-order valence-corrected chi connectivity index (χ4v) is 1.35. The molecule has 0 aromatic heterocycles. The van der Waals surface area contributed by atoms with Crippen molar-refractivity contribution in [1.82, 2.24) is 4.90 Å². The van der Waals surface area contributed by atoms with Crippen LogP contribution in [-0.2, 0) is 4.79 Å². The van der Waals surface area contributed by atoms with E-state index in [0.29, 0.717) is 11.5 Å². The van der Waals surface area contributed by atoms with Gasteiger partial charge >= 0.3 is 0 Å². The third kappa shape index (κ3) is 2.69. The highest BCUT2D eigenvalue weighted by Crippen LogP contribution is 2.15. The molecular weight excluding hydrogens is 202 g/mol. The molecular formula is C13H17NO2. The Morgan fingerprint density at radius 1 is 1.06 bits per heavy atom. The lowest BCUT2D eigenvalue weighted by atomic mass is 10.0. The number of amides is 1. The van der Waals surface area contributed by atoms with E-state index in [-0.39, 0.29) is 0 Å². The van der Waals surface area contributed by atoms with Gasteiger partial charge in [-0.1, -0.05) is 38.1 Å². The average Bonchev–Trinajstić information content (AvgIpc) is 2.27. The van der Waals surface area contributed by atoms with Crippen LogP contribution in [0.3, 0.4) is 0 Å². The number of carbonyl (C=O) groups excluding carboxylic acids is 2. The van der Waals surface area contributed by atoms with Gasteiger partial charge in [0.2, 0.25) is 5.78 Å². The van der Waals surface area contributed by atoms with Gasteiger partial charge in [0, 0.05) is 19.7 Å². The Morgan fingerprint density at radius 3 is 1.94 bits per heavy atom. The maximum Gasteiger partial charge on any atom is 0.294 e. The minimum absolute atomic E-state index is 0.425. The van der Waals surface area contributed by atoms with Crippen molar-refractivity contribution in [2.75, 3.05) is 14.1 Å². The van der Waals surface area contributed by atoms with Gasteiger partial charge in [-0.05, 0) is 11.5 Å². The molecule has 1 rings (SSSR count). The Balaban J connectivity index is 2.90. The predicted octanol–water partition coefficient (Wildman–Crippen LogP) is 2.08. The van der Waals surface area contributed by atoms with Crippen molar-refractivity contribution in [3.8, 4) is 0 Å². The van der Waals surface area contributed by atoms with Crippen LogP contribution in [0.1, 0.15) is 35.7 Å². The van der Waals surface area contributed by atoms with E-state index in [1.807, 2.05) is 12.1 Å². The summed E-state index contributed by atoms with van der Waals surface area (Å²) in [4.78, 5) is 24.4. The van der Waals surface area contributed by atoms with E-state index in [4.69, 9.17) is 0 Å². The van der Waals surface area contributed by atoms with E-state index in [1.54, 1.807) is 26.2 Å². The molecule has 0 N–H and O–H groups in total. The first-order chi connectivity index (χ1) is 7.43. The summed E-state index contributed by atoms with van der Waals surface area (Å²) in [6, 6.07) is 7.19. The first-order valence-corrected chi connectivity index (χ1v) is 5.29. The number of hydrogen-bond donors (Lipinski definition) is 0. The summed E-state index contributed by atoms with van der Waals surface area (Å²) in [5, 5.41) is 0. The highest BCUT2D eigenvalue weighted by Gasteiger charge is 2.17. The van der Waals surface area contributed by atoms with Crippen LogP contribution in [0.5, 0.6) is 0 Å². The quantitative estimate of drug-likeness (QED) is 0.576. The summed E-state index contributed by atoms with van der Waals surface area (Å²) in [7, 11) is 3.14. The molecule has 0 radical (unpaired) electrons. The van der Waals surface area contributed by atoms with Crippen LogP contribution >= 0.6 is 0 Å². The molecule has 0 fully saturated rings. The second-order valence-corrected chi connectivity index (χ2v) is 4.31. The highest BCUT2D eigenvalue weighted by molar-refractivity contribution is 6.42. The van der Waals surface area contributed by atoms with Crippen LogP contribution in [0.2, 0.25) is 0 Å². The molecule has 1 amide bonds. The molecule has 16 heavy (non-hydrogen) atoms. The van der Waals surface area contributed by atoms with Gasteiger partial charge in [0.25, 0.3) is 5.91 Å². The van der Waals surface area contributed by atoms with Gasteiger partial charge in [0.15, 0.2) is 0 Å². The summed E-state index contributed by atoms with van der Waals surface area (Å²) in [5.41, 5.74) is 1.61. The van der Waals surface area contributed by atoms with E-state index in [0.717, 1.165) is 5.56 Å². The topological polar surface area (TPSA) is 37.4 Å². The van der Waals surface area contributed by atoms with Gasteiger partial charge in [-0.3, -0.25) is 9.59 Å². The van der Waals surface area contributed by atoms with Gasteiger partial charge in [0.05, 0.1) is 0 Å². The van der Waals surface area contributed by atoms with Crippen molar-refractivity contribution in [2.45, 2.75) is 19.8 Å². The molecule has 0 heterocycles. The summed E-state index contributed by atoms with van der Waals surface area (Å²) in [5.74, 6) is -0.522. The van der Waals surface area contributed by atoms with E-state index >= 15 is 0 Å². The molecule has 3 heteroatoms. The van der Waals surface area contributed by atoms with Crippen molar-refractivity contribution in [3.05, 3.63) is 35.4 Å². The summed E-state index contributed by atoms with van der Waals surface area (Å²) < 4.78 is 0. The fourth-order valence-electron chi connectivity index (χ4n) is 1.35. The smallest absolute Gasteiger partial charge is 0.294 e. The van der Waals surface area contributed by atoms with Gasteiger partial charge in [-0.15, -0.1) is 0 Å². The predicted molar refractivity (Wildman–Crippen MR) is 63.6 cm³/mol. The number of Topliss-reactive ketones (excluding diaryl/α,β-unsaturated/α-hetero) is 1. The molecule has 0 aliphatic heterocycles. The maximum absolute atomic E-state index is 11.7. The van der Waals surface area contributed by atoms with Gasteiger partial charge in [-0.25, -0.2) is 0 Å². The lowest BCUT2D eigenvalue weighted by molar-refractivity contribution is -0.124. The number of benzene rings is 1. The van der Waals surface area contributed by atoms with Crippen molar-refractivity contribution < 1.29 is 9.59 Å². The number of hydrogen-bond acceptors (Lipinski definition) is 2. The van der Waals surface area contributed by atoms with Crippen molar-refractivity contribution in [2.24, 2.45) is 0 Å². The average molecular weight is 219 g/mol. The van der Waals surface area contributed by atoms with Crippen LogP contribution in [0.4, 0.5) is 0 Å². The summed E-state index contributed by atoms with van der Waals surface area (Å²) >= 11 is 0. The van der Waals surface area contributed by atoms with Gasteiger partial charge in [0.1, 0.15) is 0 Å². The van der Waals surface area contributed by atoms with Crippen LogP contribution < -0.4 is 0 Å². The Kier molecular flexibility index (Phi) is 3.82. The largest absolute Gasteiger partial charge is 0.342 e. The third-order valence-corrected chi connectivity index (χ3v) is 2.44. The van der Waals surface area contributed by atoms with E-state index in [9.17, 15) is 9.59 Å². The van der Waals surface area contributed by atoms with Gasteiger partial charge < -0.3 is 4.90 Å². The van der Waals surface area contributed by atoms with Gasteiger partial charge in [-0.2, -0.15) is 0 Å². The lowest BCUT2D eigenvalue weighted by Gasteiger charge is -2.10. The molecule has 1 aromatic rings. The maximum atomic E-state index is 11.7. The monoisotopic (exact) mass is 219 g/mol. The number of likely N-dealkylation sites (N-methyl/N-ethyl adjacent to an activating group) is 1. The SMILES string of the molecule is CC(C)c1ccc(C(=O)C(=O)N(C)C)cc1. The molecule has 0 aliphatic carbocycles. The minimum atomic E-state index is -0.489. The fraction of sp³-hybridized carbons (Fsp3) is 0.385. The van der Waals surface area contributed by atoms with Crippen molar-refractivity contribution in [3.63, 3.8) is 0 Å². The van der Waals surface area contributed by atoms with E-state index in [1.165, 1.54) is 4.90 Å². The minimum Gasteiger partial charge on any atom is -0.342 e. The Hall–Kier alpha value is -1.64. The lowest BCUT2D eigenvalue weighted by Crippen LogP contribution is -2.29. The normalized spacial score (nSPS) is 10.3. The number of carbonyl (C=O) groups is 2. The Morgan fingerprint density at radius 2 is 1.56 bits per heavy atom. The molecule has 3 nitrogen and oxygen atoms in total. The first-order valence-electron chi connectivity index (χ1n) is 5.29. The molecule has 0 unspecified atom stereocenters. The number of nitrogens with zero attached hydrogens (tertiary/aromatic N) is 1.